The number of carbonyl (C=O) groups is 1. The Kier molecular flexibility index (Phi) is 8.66. The summed E-state index contributed by atoms with van der Waals surface area (Å²) >= 11 is 6.07. The number of amides is 1. The van der Waals surface area contributed by atoms with Crippen molar-refractivity contribution in [2.24, 2.45) is 5.41 Å². The normalized spacial score (nSPS) is 25.8. The maximum atomic E-state index is 14.4. The molecule has 0 spiro atoms. The average Bonchev–Trinajstić information content (AvgIpc) is 3.77. The molecule has 0 bridgehead atoms. The van der Waals surface area contributed by atoms with Crippen LogP contribution in [0.25, 0.3) is 0 Å². The molecule has 0 aromatic heterocycles. The van der Waals surface area contributed by atoms with Gasteiger partial charge in [0.05, 0.1) is 10.9 Å². The Morgan fingerprint density at radius 1 is 0.857 bits per heavy atom. The van der Waals surface area contributed by atoms with E-state index in [-0.39, 0.29) is 10.8 Å². The van der Waals surface area contributed by atoms with Crippen LogP contribution in [0.4, 0.5) is 8.78 Å². The van der Waals surface area contributed by atoms with Crippen molar-refractivity contribution in [3.63, 3.8) is 0 Å². The third kappa shape index (κ3) is 6.12. The van der Waals surface area contributed by atoms with Crippen molar-refractivity contribution in [1.29, 1.82) is 0 Å². The van der Waals surface area contributed by atoms with Gasteiger partial charge in [0, 0.05) is 42.7 Å². The van der Waals surface area contributed by atoms with Gasteiger partial charge in [-0.05, 0) is 118 Å². The van der Waals surface area contributed by atoms with Gasteiger partial charge in [0.15, 0.2) is 0 Å². The maximum absolute atomic E-state index is 14.4. The molecular formula is C32H40ClF2N3O3S. The molecule has 0 unspecified atom stereocenters. The largest absolute Gasteiger partial charge is 0.343 e. The van der Waals surface area contributed by atoms with Crippen molar-refractivity contribution in [2.45, 2.75) is 93.7 Å². The lowest BCUT2D eigenvalue weighted by Crippen LogP contribution is -2.52. The molecule has 10 heteroatoms. The second-order valence-corrected chi connectivity index (χ2v) is 15.0. The smallest absolute Gasteiger partial charge is 0.243 e. The minimum absolute atomic E-state index is 0.0857. The number of likely N-dealkylation sites (tertiary alicyclic amines) is 2. The zero-order valence-corrected chi connectivity index (χ0v) is 25.6. The van der Waals surface area contributed by atoms with Crippen LogP contribution in [0.3, 0.4) is 0 Å². The molecule has 1 amide bonds. The molecule has 6 nitrogen and oxygen atoms in total. The van der Waals surface area contributed by atoms with E-state index in [1.54, 1.807) is 0 Å². The molecule has 3 aliphatic heterocycles. The van der Waals surface area contributed by atoms with Crippen molar-refractivity contribution in [1.82, 2.24) is 14.1 Å². The molecule has 2 aromatic rings. The summed E-state index contributed by atoms with van der Waals surface area (Å²) in [6, 6.07) is 8.65. The quantitative estimate of drug-likeness (QED) is 0.353. The van der Waals surface area contributed by atoms with Crippen LogP contribution >= 0.6 is 11.6 Å². The third-order valence-electron chi connectivity index (χ3n) is 10.1. The Hall–Kier alpha value is -2.07. The second-order valence-electron chi connectivity index (χ2n) is 12.7. The van der Waals surface area contributed by atoms with Crippen LogP contribution in [-0.4, -0.2) is 66.7 Å². The zero-order valence-electron chi connectivity index (χ0n) is 24.0. The van der Waals surface area contributed by atoms with Crippen LogP contribution in [0.1, 0.15) is 82.2 Å². The topological polar surface area (TPSA) is 60.9 Å². The van der Waals surface area contributed by atoms with E-state index in [9.17, 15) is 22.0 Å². The number of hydrogen-bond donors (Lipinski definition) is 0. The molecule has 2 aromatic carbocycles. The van der Waals surface area contributed by atoms with Crippen molar-refractivity contribution in [3.8, 4) is 0 Å². The highest BCUT2D eigenvalue weighted by atomic mass is 35.5. The van der Waals surface area contributed by atoms with Crippen LogP contribution in [0.5, 0.6) is 0 Å². The van der Waals surface area contributed by atoms with E-state index in [4.69, 9.17) is 11.6 Å². The molecule has 3 heterocycles. The van der Waals surface area contributed by atoms with E-state index < -0.39 is 39.2 Å². The van der Waals surface area contributed by atoms with E-state index in [2.05, 4.69) is 4.90 Å². The first-order valence-corrected chi connectivity index (χ1v) is 17.3. The first kappa shape index (κ1) is 30.0. The summed E-state index contributed by atoms with van der Waals surface area (Å²) in [7, 11) is -4.08. The van der Waals surface area contributed by atoms with E-state index >= 15 is 0 Å². The van der Waals surface area contributed by atoms with E-state index in [0.717, 1.165) is 57.9 Å². The van der Waals surface area contributed by atoms with Crippen LogP contribution in [-0.2, 0) is 14.8 Å². The van der Waals surface area contributed by atoms with Crippen LogP contribution in [0.15, 0.2) is 47.4 Å². The first-order valence-electron chi connectivity index (χ1n) is 15.4. The van der Waals surface area contributed by atoms with E-state index in [0.29, 0.717) is 42.3 Å². The van der Waals surface area contributed by atoms with Crippen LogP contribution < -0.4 is 0 Å². The summed E-state index contributed by atoms with van der Waals surface area (Å²) in [5.41, 5.74) is -0.179. The van der Waals surface area contributed by atoms with Crippen LogP contribution in [0.2, 0.25) is 5.02 Å². The summed E-state index contributed by atoms with van der Waals surface area (Å²) in [4.78, 5) is 18.4. The number of hydrogen-bond acceptors (Lipinski definition) is 4. The Labute approximate surface area is 253 Å². The summed E-state index contributed by atoms with van der Waals surface area (Å²) in [5, 5.41) is 0.418. The molecule has 0 N–H and O–H groups in total. The molecule has 0 radical (unpaired) electrons. The first-order chi connectivity index (χ1) is 20.2. The number of carbonyl (C=O) groups excluding carboxylic acids is 1. The van der Waals surface area contributed by atoms with Crippen molar-refractivity contribution < 1.29 is 22.0 Å². The highest BCUT2D eigenvalue weighted by Crippen LogP contribution is 2.59. The van der Waals surface area contributed by atoms with Gasteiger partial charge in [-0.2, -0.15) is 4.31 Å². The molecular weight excluding hydrogens is 580 g/mol. The third-order valence-corrected chi connectivity index (χ3v) is 12.2. The number of piperidine rings is 3. The van der Waals surface area contributed by atoms with E-state index in [1.807, 2.05) is 4.90 Å². The molecule has 228 valence electrons. The molecule has 6 rings (SSSR count). The van der Waals surface area contributed by atoms with Gasteiger partial charge < -0.3 is 9.80 Å². The van der Waals surface area contributed by atoms with Gasteiger partial charge in [0.2, 0.25) is 15.9 Å². The minimum Gasteiger partial charge on any atom is -0.343 e. The van der Waals surface area contributed by atoms with Gasteiger partial charge in [-0.1, -0.05) is 18.0 Å². The van der Waals surface area contributed by atoms with Crippen molar-refractivity contribution >= 4 is 27.5 Å². The summed E-state index contributed by atoms with van der Waals surface area (Å²) in [5.74, 6) is -1.38. The lowest BCUT2D eigenvalue weighted by atomic mass is 9.82. The number of rotatable bonds is 7. The predicted molar refractivity (Wildman–Crippen MR) is 159 cm³/mol. The molecule has 4 aliphatic rings. The lowest BCUT2D eigenvalue weighted by Gasteiger charge is -2.45. The number of sulfonamides is 1. The van der Waals surface area contributed by atoms with Crippen LogP contribution in [0, 0.1) is 17.0 Å². The number of halogens is 3. The summed E-state index contributed by atoms with van der Waals surface area (Å²) < 4.78 is 58.8. The fraction of sp³-hybridized carbons (Fsp3) is 0.594. The molecule has 2 atom stereocenters. The Bertz CT molecular complexity index is 1370. The maximum Gasteiger partial charge on any atom is 0.243 e. The Balaban J connectivity index is 1.25. The SMILES string of the molecule is O=C(CC1([C@H]2CCC[C@@H](c3cc(F)cc(F)c3)N2S(=O)(=O)c2ccc(Cl)cc2)CC1)N1CCC(N2CCCCC2)CC1. The standard InChI is InChI=1S/C32H40ClF2N3O3S/c33-24-7-9-28(10-8-24)42(40,41)38-29(23-19-25(34)21-26(35)20-23)5-4-6-30(38)32(13-14-32)22-31(39)37-17-11-27(12-18-37)36-15-2-1-3-16-36/h7-10,19-21,27,29-30H,1-6,11-18,22H2/t29-,30+/m0/s1. The lowest BCUT2D eigenvalue weighted by molar-refractivity contribution is -0.135. The van der Waals surface area contributed by atoms with Gasteiger partial charge >= 0.3 is 0 Å². The fourth-order valence-electron chi connectivity index (χ4n) is 7.66. The van der Waals surface area contributed by atoms with E-state index in [1.165, 1.54) is 60.0 Å². The molecule has 4 fully saturated rings. The second kappa shape index (κ2) is 12.1. The van der Waals surface area contributed by atoms with Crippen molar-refractivity contribution in [2.75, 3.05) is 26.2 Å². The Morgan fingerprint density at radius 2 is 1.50 bits per heavy atom. The minimum atomic E-state index is -4.08. The summed E-state index contributed by atoms with van der Waals surface area (Å²) in [6.45, 7) is 3.77. The van der Waals surface area contributed by atoms with Gasteiger partial charge in [0.25, 0.3) is 0 Å². The van der Waals surface area contributed by atoms with Gasteiger partial charge in [0.1, 0.15) is 11.6 Å². The number of benzene rings is 2. The van der Waals surface area contributed by atoms with Crippen molar-refractivity contribution in [3.05, 3.63) is 64.7 Å². The van der Waals surface area contributed by atoms with Gasteiger partial charge in [-0.25, -0.2) is 17.2 Å². The molecule has 3 saturated heterocycles. The predicted octanol–water partition coefficient (Wildman–Crippen LogP) is 6.55. The fourth-order valence-corrected chi connectivity index (χ4v) is 9.74. The van der Waals surface area contributed by atoms with Gasteiger partial charge in [-0.3, -0.25) is 4.79 Å². The molecule has 1 saturated carbocycles. The summed E-state index contributed by atoms with van der Waals surface area (Å²) in [6.07, 6.45) is 9.32. The zero-order chi connectivity index (χ0) is 29.5. The highest BCUT2D eigenvalue weighted by molar-refractivity contribution is 7.89. The highest BCUT2D eigenvalue weighted by Gasteiger charge is 2.57. The molecule has 42 heavy (non-hydrogen) atoms. The number of nitrogens with zero attached hydrogens (tertiary/aromatic N) is 3. The monoisotopic (exact) mass is 619 g/mol. The molecule has 1 aliphatic carbocycles. The average molecular weight is 620 g/mol. The van der Waals surface area contributed by atoms with Gasteiger partial charge in [-0.15, -0.1) is 0 Å². The Morgan fingerprint density at radius 3 is 2.12 bits per heavy atom.